The standard InChI is InChI=1S/C8H18O2.C6H14O2/c1-7(6-9)4-5-8(2,3)10;1-6(8)4-2-3-5-7/h7,9-10H,4-6H2,1-3H3;6-8H,2-5H2,1H3. The van der Waals surface area contributed by atoms with E-state index in [-0.39, 0.29) is 19.3 Å². The maximum Gasteiger partial charge on any atom is 0.0591 e. The predicted octanol–water partition coefficient (Wildman–Crippen LogP) is 1.70. The Kier molecular flexibility index (Phi) is 13.3. The molecule has 0 amide bonds. The number of hydrogen-bond acceptors (Lipinski definition) is 4. The van der Waals surface area contributed by atoms with Crippen molar-refractivity contribution >= 4 is 0 Å². The molecule has 2 unspecified atom stereocenters. The fourth-order valence-corrected chi connectivity index (χ4v) is 1.24. The number of rotatable bonds is 8. The highest BCUT2D eigenvalue weighted by Crippen LogP contribution is 2.14. The molecule has 0 saturated heterocycles. The first kappa shape index (κ1) is 20.2. The van der Waals surface area contributed by atoms with Crippen molar-refractivity contribution in [2.45, 2.75) is 71.5 Å². The van der Waals surface area contributed by atoms with Crippen molar-refractivity contribution in [3.63, 3.8) is 0 Å². The molecule has 4 heteroatoms. The summed E-state index contributed by atoms with van der Waals surface area (Å²) in [6.07, 6.45) is 3.98. The molecule has 4 nitrogen and oxygen atoms in total. The molecule has 112 valence electrons. The number of aliphatic hydroxyl groups is 4. The molecule has 4 N–H and O–H groups in total. The minimum atomic E-state index is -0.580. The zero-order valence-corrected chi connectivity index (χ0v) is 12.4. The van der Waals surface area contributed by atoms with E-state index in [1.165, 1.54) is 0 Å². The summed E-state index contributed by atoms with van der Waals surface area (Å²) in [6.45, 7) is 7.78. The smallest absolute Gasteiger partial charge is 0.0591 e. The Bertz CT molecular complexity index is 164. The van der Waals surface area contributed by atoms with E-state index >= 15 is 0 Å². The van der Waals surface area contributed by atoms with Crippen LogP contribution in [0.3, 0.4) is 0 Å². The molecule has 0 radical (unpaired) electrons. The quantitative estimate of drug-likeness (QED) is 0.503. The van der Waals surface area contributed by atoms with Gasteiger partial charge in [0.05, 0.1) is 11.7 Å². The first-order valence-electron chi connectivity index (χ1n) is 6.85. The fourth-order valence-electron chi connectivity index (χ4n) is 1.24. The minimum Gasteiger partial charge on any atom is -0.396 e. The molecule has 0 aromatic rings. The minimum absolute atomic E-state index is 0.207. The third-order valence-corrected chi connectivity index (χ3v) is 2.59. The van der Waals surface area contributed by atoms with Crippen molar-refractivity contribution in [2.24, 2.45) is 5.92 Å². The summed E-state index contributed by atoms with van der Waals surface area (Å²) >= 11 is 0. The summed E-state index contributed by atoms with van der Waals surface area (Å²) in [5.74, 6) is 0.312. The third kappa shape index (κ3) is 21.2. The Morgan fingerprint density at radius 2 is 1.56 bits per heavy atom. The van der Waals surface area contributed by atoms with E-state index in [9.17, 15) is 5.11 Å². The van der Waals surface area contributed by atoms with Crippen LogP contribution in [0.25, 0.3) is 0 Å². The predicted molar refractivity (Wildman–Crippen MR) is 74.4 cm³/mol. The Morgan fingerprint density at radius 3 is 1.89 bits per heavy atom. The average molecular weight is 264 g/mol. The van der Waals surface area contributed by atoms with Crippen LogP contribution in [0.4, 0.5) is 0 Å². The van der Waals surface area contributed by atoms with Gasteiger partial charge in [0.1, 0.15) is 0 Å². The molecule has 0 aliphatic rings. The van der Waals surface area contributed by atoms with Gasteiger partial charge in [0.2, 0.25) is 0 Å². The number of hydrogen-bond donors (Lipinski definition) is 4. The SMILES string of the molecule is CC(CO)CCC(C)(C)O.CC(O)CCCCO. The largest absolute Gasteiger partial charge is 0.396 e. The van der Waals surface area contributed by atoms with Crippen molar-refractivity contribution in [3.8, 4) is 0 Å². The van der Waals surface area contributed by atoms with Crippen LogP contribution in [-0.4, -0.2) is 45.3 Å². The Morgan fingerprint density at radius 1 is 1.00 bits per heavy atom. The zero-order chi connectivity index (χ0) is 14.6. The molecule has 0 heterocycles. The summed E-state index contributed by atoms with van der Waals surface area (Å²) in [4.78, 5) is 0. The molecule has 0 aromatic carbocycles. The van der Waals surface area contributed by atoms with Gasteiger partial charge >= 0.3 is 0 Å². The molecule has 0 spiro atoms. The van der Waals surface area contributed by atoms with Gasteiger partial charge in [-0.15, -0.1) is 0 Å². The monoisotopic (exact) mass is 264 g/mol. The van der Waals surface area contributed by atoms with Crippen molar-refractivity contribution in [2.75, 3.05) is 13.2 Å². The first-order valence-corrected chi connectivity index (χ1v) is 6.85. The summed E-state index contributed by atoms with van der Waals surface area (Å²) in [7, 11) is 0. The second-order valence-electron chi connectivity index (χ2n) is 5.71. The van der Waals surface area contributed by atoms with Gasteiger partial charge in [-0.05, 0) is 58.8 Å². The highest BCUT2D eigenvalue weighted by Gasteiger charge is 2.13. The van der Waals surface area contributed by atoms with Crippen LogP contribution in [0, 0.1) is 5.92 Å². The maximum atomic E-state index is 9.28. The average Bonchev–Trinajstić information content (AvgIpc) is 2.25. The van der Waals surface area contributed by atoms with E-state index in [0.717, 1.165) is 32.1 Å². The first-order chi connectivity index (χ1) is 8.22. The molecule has 0 aliphatic carbocycles. The van der Waals surface area contributed by atoms with Crippen LogP contribution < -0.4 is 0 Å². The van der Waals surface area contributed by atoms with Gasteiger partial charge in [-0.25, -0.2) is 0 Å². The van der Waals surface area contributed by atoms with Gasteiger partial charge in [0.25, 0.3) is 0 Å². The summed E-state index contributed by atoms with van der Waals surface area (Å²) in [5, 5.41) is 34.9. The number of unbranched alkanes of at least 4 members (excludes halogenated alkanes) is 1. The van der Waals surface area contributed by atoms with Gasteiger partial charge in [0, 0.05) is 13.2 Å². The van der Waals surface area contributed by atoms with Gasteiger partial charge < -0.3 is 20.4 Å². The summed E-state index contributed by atoms with van der Waals surface area (Å²) < 4.78 is 0. The Balaban J connectivity index is 0. The highest BCUT2D eigenvalue weighted by atomic mass is 16.3. The van der Waals surface area contributed by atoms with Crippen LogP contribution in [0.2, 0.25) is 0 Å². The Hall–Kier alpha value is -0.160. The zero-order valence-electron chi connectivity index (χ0n) is 12.4. The summed E-state index contributed by atoms with van der Waals surface area (Å²) in [5.41, 5.74) is -0.580. The van der Waals surface area contributed by atoms with E-state index in [2.05, 4.69) is 0 Å². The topological polar surface area (TPSA) is 80.9 Å². The van der Waals surface area contributed by atoms with Crippen molar-refractivity contribution in [3.05, 3.63) is 0 Å². The van der Waals surface area contributed by atoms with Gasteiger partial charge in [0.15, 0.2) is 0 Å². The highest BCUT2D eigenvalue weighted by molar-refractivity contribution is 4.66. The third-order valence-electron chi connectivity index (χ3n) is 2.59. The maximum absolute atomic E-state index is 9.28. The molecule has 0 aliphatic heterocycles. The van der Waals surface area contributed by atoms with Crippen LogP contribution in [-0.2, 0) is 0 Å². The fraction of sp³-hybridized carbons (Fsp3) is 1.00. The van der Waals surface area contributed by atoms with Crippen LogP contribution in [0.15, 0.2) is 0 Å². The van der Waals surface area contributed by atoms with E-state index in [1.54, 1.807) is 20.8 Å². The van der Waals surface area contributed by atoms with Crippen molar-refractivity contribution in [1.82, 2.24) is 0 Å². The second kappa shape index (κ2) is 11.9. The Labute approximate surface area is 112 Å². The van der Waals surface area contributed by atoms with Crippen LogP contribution in [0.1, 0.15) is 59.8 Å². The van der Waals surface area contributed by atoms with Crippen molar-refractivity contribution in [1.29, 1.82) is 0 Å². The molecule has 0 fully saturated rings. The molecule has 0 rings (SSSR count). The molecule has 0 saturated carbocycles. The normalized spacial score (nSPS) is 14.7. The van der Waals surface area contributed by atoms with Crippen LogP contribution in [0.5, 0.6) is 0 Å². The lowest BCUT2D eigenvalue weighted by atomic mass is 9.97. The molecule has 0 bridgehead atoms. The lowest BCUT2D eigenvalue weighted by Gasteiger charge is -2.18. The molecular weight excluding hydrogens is 232 g/mol. The van der Waals surface area contributed by atoms with E-state index in [1.807, 2.05) is 6.92 Å². The summed E-state index contributed by atoms with van der Waals surface area (Å²) in [6, 6.07) is 0. The van der Waals surface area contributed by atoms with Gasteiger partial charge in [-0.3, -0.25) is 0 Å². The van der Waals surface area contributed by atoms with Gasteiger partial charge in [-0.2, -0.15) is 0 Å². The molecular formula is C14H32O4. The lowest BCUT2D eigenvalue weighted by molar-refractivity contribution is 0.0606. The van der Waals surface area contributed by atoms with E-state index < -0.39 is 5.60 Å². The number of aliphatic hydroxyl groups excluding tert-OH is 3. The lowest BCUT2D eigenvalue weighted by Crippen LogP contribution is -2.19. The van der Waals surface area contributed by atoms with E-state index in [4.69, 9.17) is 15.3 Å². The van der Waals surface area contributed by atoms with Crippen LogP contribution >= 0.6 is 0 Å². The van der Waals surface area contributed by atoms with E-state index in [0.29, 0.717) is 5.92 Å². The molecule has 2 atom stereocenters. The molecule has 0 aromatic heterocycles. The van der Waals surface area contributed by atoms with Gasteiger partial charge in [-0.1, -0.05) is 6.92 Å². The van der Waals surface area contributed by atoms with Crippen molar-refractivity contribution < 1.29 is 20.4 Å². The second-order valence-corrected chi connectivity index (χ2v) is 5.71. The molecule has 18 heavy (non-hydrogen) atoms.